The van der Waals surface area contributed by atoms with Crippen molar-refractivity contribution in [2.75, 3.05) is 12.3 Å². The highest BCUT2D eigenvalue weighted by molar-refractivity contribution is 8.03. The Kier molecular flexibility index (Phi) is 6.92. The van der Waals surface area contributed by atoms with Crippen molar-refractivity contribution in [3.63, 3.8) is 0 Å². The summed E-state index contributed by atoms with van der Waals surface area (Å²) in [6.07, 6.45) is 5.96. The van der Waals surface area contributed by atoms with E-state index in [0.717, 1.165) is 41.2 Å². The zero-order valence-electron chi connectivity index (χ0n) is 18.7. The second kappa shape index (κ2) is 10.0. The fourth-order valence-electron chi connectivity index (χ4n) is 4.13. The molecule has 170 valence electrons. The first-order chi connectivity index (χ1) is 16.0. The Hall–Kier alpha value is -3.41. The largest absolute Gasteiger partial charge is 0.481 e. The van der Waals surface area contributed by atoms with Gasteiger partial charge in [0, 0.05) is 24.9 Å². The third-order valence-electron chi connectivity index (χ3n) is 5.64. The second-order valence-electron chi connectivity index (χ2n) is 8.02. The van der Waals surface area contributed by atoms with Gasteiger partial charge in [-0.2, -0.15) is 5.26 Å². The van der Waals surface area contributed by atoms with E-state index >= 15 is 0 Å². The number of rotatable bonds is 8. The first kappa shape index (κ1) is 22.8. The molecule has 2 aliphatic rings. The number of benzene rings is 2. The summed E-state index contributed by atoms with van der Waals surface area (Å²) in [4.78, 5) is 13.3. The molecule has 4 rings (SSSR count). The van der Waals surface area contributed by atoms with Gasteiger partial charge in [0.15, 0.2) is 0 Å². The lowest BCUT2D eigenvalue weighted by Crippen LogP contribution is -2.59. The van der Waals surface area contributed by atoms with Gasteiger partial charge in [0.05, 0.1) is 23.6 Å². The van der Waals surface area contributed by atoms with Crippen LogP contribution in [-0.2, 0) is 11.2 Å². The number of nitriles is 1. The van der Waals surface area contributed by atoms with Gasteiger partial charge in [0.25, 0.3) is 0 Å². The first-order valence-corrected chi connectivity index (χ1v) is 11.9. The summed E-state index contributed by atoms with van der Waals surface area (Å²) in [5.41, 5.74) is 8.27. The van der Waals surface area contributed by atoms with Gasteiger partial charge in [-0.05, 0) is 36.1 Å². The van der Waals surface area contributed by atoms with Crippen molar-refractivity contribution >= 4 is 17.7 Å². The van der Waals surface area contributed by atoms with Crippen molar-refractivity contribution < 1.29 is 9.90 Å². The molecule has 7 nitrogen and oxygen atoms in total. The molecule has 2 aromatic carbocycles. The van der Waals surface area contributed by atoms with Crippen LogP contribution >= 0.6 is 11.8 Å². The van der Waals surface area contributed by atoms with Crippen LogP contribution in [0.2, 0.25) is 0 Å². The van der Waals surface area contributed by atoms with Crippen molar-refractivity contribution in [1.29, 1.82) is 5.26 Å². The smallest absolute Gasteiger partial charge is 0.313 e. The van der Waals surface area contributed by atoms with Gasteiger partial charge >= 0.3 is 5.97 Å². The highest BCUT2D eigenvalue weighted by Crippen LogP contribution is 2.32. The number of carboxylic acids is 1. The van der Waals surface area contributed by atoms with E-state index in [4.69, 9.17) is 5.11 Å². The van der Waals surface area contributed by atoms with Crippen LogP contribution in [0.4, 0.5) is 0 Å². The van der Waals surface area contributed by atoms with Crippen molar-refractivity contribution in [3.05, 3.63) is 82.8 Å². The maximum Gasteiger partial charge on any atom is 0.313 e. The van der Waals surface area contributed by atoms with Gasteiger partial charge < -0.3 is 10.0 Å². The predicted octanol–water partition coefficient (Wildman–Crippen LogP) is 4.33. The van der Waals surface area contributed by atoms with E-state index in [1.165, 1.54) is 17.3 Å². The minimum atomic E-state index is -0.836. The van der Waals surface area contributed by atoms with Gasteiger partial charge in [-0.25, -0.2) is 0 Å². The molecule has 0 aromatic heterocycles. The first-order valence-electron chi connectivity index (χ1n) is 10.9. The van der Waals surface area contributed by atoms with Crippen LogP contribution in [0.5, 0.6) is 0 Å². The lowest BCUT2D eigenvalue weighted by Gasteiger charge is -2.45. The fraction of sp³-hybridized carbons (Fsp3) is 0.280. The number of nitrogens with zero attached hydrogens (tertiary/aromatic N) is 4. The quantitative estimate of drug-likeness (QED) is 0.601. The Bertz CT molecular complexity index is 1120. The molecule has 2 N–H and O–H groups in total. The summed E-state index contributed by atoms with van der Waals surface area (Å²) in [7, 11) is 0. The summed E-state index contributed by atoms with van der Waals surface area (Å²) < 4.78 is 0. The third kappa shape index (κ3) is 5.00. The summed E-state index contributed by atoms with van der Waals surface area (Å²) in [5.74, 6) is -0.824. The van der Waals surface area contributed by atoms with Gasteiger partial charge in [-0.3, -0.25) is 15.2 Å². The molecule has 0 fully saturated rings. The minimum Gasteiger partial charge on any atom is -0.481 e. The molecule has 0 spiro atoms. The molecular weight excluding hydrogens is 434 g/mol. The van der Waals surface area contributed by atoms with E-state index in [0.29, 0.717) is 5.56 Å². The molecule has 8 heteroatoms. The molecule has 0 aliphatic carbocycles. The average Bonchev–Trinajstić information content (AvgIpc) is 3.26. The number of hydrazine groups is 2. The Morgan fingerprint density at radius 1 is 1.18 bits per heavy atom. The summed E-state index contributed by atoms with van der Waals surface area (Å²) in [6.45, 7) is 5.13. The second-order valence-corrected chi connectivity index (χ2v) is 9.04. The topological polar surface area (TPSA) is 82.8 Å². The molecule has 2 aromatic rings. The molecule has 1 unspecified atom stereocenters. The number of fused-ring (bicyclic) bond motifs is 1. The van der Waals surface area contributed by atoms with Gasteiger partial charge in [-0.15, -0.1) is 5.12 Å². The third-order valence-corrected chi connectivity index (χ3v) is 6.54. The number of thioether (sulfide) groups is 1. The number of allylic oxidation sites excluding steroid dienone is 1. The number of nitrogens with one attached hydrogen (secondary N) is 1. The van der Waals surface area contributed by atoms with E-state index in [1.807, 2.05) is 30.5 Å². The number of carbonyl (C=O) groups is 1. The molecule has 0 bridgehead atoms. The van der Waals surface area contributed by atoms with Gasteiger partial charge in [0.1, 0.15) is 11.2 Å². The van der Waals surface area contributed by atoms with Crippen LogP contribution in [0.25, 0.3) is 11.1 Å². The number of aliphatic carboxylic acids is 1. The van der Waals surface area contributed by atoms with Crippen LogP contribution in [0.3, 0.4) is 0 Å². The van der Waals surface area contributed by atoms with Crippen LogP contribution in [-0.4, -0.2) is 44.6 Å². The molecule has 0 amide bonds. The molecule has 0 saturated heterocycles. The molecule has 2 heterocycles. The molecule has 0 radical (unpaired) electrons. The van der Waals surface area contributed by atoms with Crippen molar-refractivity contribution in [1.82, 2.24) is 20.5 Å². The van der Waals surface area contributed by atoms with Crippen LogP contribution in [0.1, 0.15) is 31.4 Å². The summed E-state index contributed by atoms with van der Waals surface area (Å²) in [6, 6.07) is 18.3. The number of hydrogen-bond acceptors (Lipinski definition) is 7. The zero-order valence-corrected chi connectivity index (χ0v) is 19.5. The Morgan fingerprint density at radius 3 is 2.64 bits per heavy atom. The lowest BCUT2D eigenvalue weighted by molar-refractivity contribution is -0.133. The maximum absolute atomic E-state index is 11.0. The SMILES string of the molecule is CCCN1C=C(C)N2C=C(SCC(=O)O)NN2C1Cc1ccc(-c2ccccc2C#N)cc1. The van der Waals surface area contributed by atoms with Crippen molar-refractivity contribution in [3.8, 4) is 17.2 Å². The Morgan fingerprint density at radius 2 is 1.94 bits per heavy atom. The highest BCUT2D eigenvalue weighted by atomic mass is 32.2. The van der Waals surface area contributed by atoms with E-state index in [-0.39, 0.29) is 11.9 Å². The Balaban J connectivity index is 1.55. The van der Waals surface area contributed by atoms with E-state index < -0.39 is 5.97 Å². The van der Waals surface area contributed by atoms with Crippen molar-refractivity contribution in [2.45, 2.75) is 32.9 Å². The number of hydrogen-bond donors (Lipinski definition) is 2. The molecule has 33 heavy (non-hydrogen) atoms. The minimum absolute atomic E-state index is 0.0122. The lowest BCUT2D eigenvalue weighted by atomic mass is 9.98. The van der Waals surface area contributed by atoms with Crippen LogP contribution in [0.15, 0.2) is 71.7 Å². The molecular formula is C25H27N5O2S. The monoisotopic (exact) mass is 461 g/mol. The average molecular weight is 462 g/mol. The van der Waals surface area contributed by atoms with Gasteiger partial charge in [-0.1, -0.05) is 61.2 Å². The maximum atomic E-state index is 11.0. The Labute approximate surface area is 198 Å². The summed E-state index contributed by atoms with van der Waals surface area (Å²) >= 11 is 1.28. The molecule has 0 saturated carbocycles. The fourth-order valence-corrected chi connectivity index (χ4v) is 4.74. The molecule has 2 aliphatic heterocycles. The van der Waals surface area contributed by atoms with E-state index in [1.54, 1.807) is 0 Å². The van der Waals surface area contributed by atoms with Crippen molar-refractivity contribution in [2.24, 2.45) is 0 Å². The van der Waals surface area contributed by atoms with Gasteiger partial charge in [0.2, 0.25) is 0 Å². The van der Waals surface area contributed by atoms with Crippen LogP contribution < -0.4 is 5.43 Å². The summed E-state index contributed by atoms with van der Waals surface area (Å²) in [5, 5.41) is 23.4. The highest BCUT2D eigenvalue weighted by Gasteiger charge is 2.36. The standard InChI is InChI=1S/C25H27N5O2S/c1-3-12-28-15-18(2)29-16-23(33-17-25(31)32)27-30(29)24(28)13-19-8-10-20(11-9-19)22-7-5-4-6-21(22)14-26/h4-11,15-16,24,27H,3,12-13,17H2,1-2H3,(H,31,32). The molecule has 1 atom stereocenters. The normalized spacial score (nSPS) is 17.7. The number of carboxylic acid groups (broad SMARTS) is 1. The predicted molar refractivity (Wildman–Crippen MR) is 130 cm³/mol. The van der Waals surface area contributed by atoms with E-state index in [2.05, 4.69) is 70.8 Å². The van der Waals surface area contributed by atoms with Crippen LogP contribution in [0, 0.1) is 11.3 Å². The van der Waals surface area contributed by atoms with E-state index in [9.17, 15) is 10.1 Å². The zero-order chi connectivity index (χ0) is 23.4.